The van der Waals surface area contributed by atoms with Crippen molar-refractivity contribution >= 4 is 17.5 Å². The zero-order valence-electron chi connectivity index (χ0n) is 13.4. The van der Waals surface area contributed by atoms with Crippen LogP contribution in [0.5, 0.6) is 0 Å². The average Bonchev–Trinajstić information content (AvgIpc) is 2.62. The zero-order chi connectivity index (χ0) is 16.1. The van der Waals surface area contributed by atoms with Crippen LogP contribution >= 0.6 is 11.6 Å². The smallest absolute Gasteiger partial charge is 0.252 e. The lowest BCUT2D eigenvalue weighted by atomic mass is 9.79. The minimum Gasteiger partial charge on any atom is -0.379 e. The predicted octanol–water partition coefficient (Wildman–Crippen LogP) is 2.50. The van der Waals surface area contributed by atoms with Crippen LogP contribution in [0.1, 0.15) is 42.5 Å². The Morgan fingerprint density at radius 3 is 2.65 bits per heavy atom. The van der Waals surface area contributed by atoms with E-state index < -0.39 is 0 Å². The fraction of sp³-hybridized carbons (Fsp3) is 0.647. The SMILES string of the molecule is O=C(NCC1(N2CCOCC2)CCCCC1)c1ccc(Cl)nc1. The normalized spacial score (nSPS) is 21.8. The Morgan fingerprint density at radius 1 is 1.26 bits per heavy atom. The van der Waals surface area contributed by atoms with Crippen LogP contribution in [0.25, 0.3) is 0 Å². The fourth-order valence-corrected chi connectivity index (χ4v) is 3.82. The molecule has 0 atom stereocenters. The number of morpholine rings is 1. The molecule has 2 aliphatic rings. The Bertz CT molecular complexity index is 523. The summed E-state index contributed by atoms with van der Waals surface area (Å²) in [4.78, 5) is 18.9. The van der Waals surface area contributed by atoms with Crippen molar-refractivity contribution in [1.29, 1.82) is 0 Å². The largest absolute Gasteiger partial charge is 0.379 e. The molecule has 2 fully saturated rings. The van der Waals surface area contributed by atoms with Crippen molar-refractivity contribution < 1.29 is 9.53 Å². The zero-order valence-corrected chi connectivity index (χ0v) is 14.1. The van der Waals surface area contributed by atoms with Gasteiger partial charge in [0, 0.05) is 31.4 Å². The molecule has 1 saturated heterocycles. The van der Waals surface area contributed by atoms with Gasteiger partial charge in [-0.25, -0.2) is 4.98 Å². The van der Waals surface area contributed by atoms with Crippen molar-refractivity contribution in [2.75, 3.05) is 32.8 Å². The summed E-state index contributed by atoms with van der Waals surface area (Å²) in [6.45, 7) is 4.18. The highest BCUT2D eigenvalue weighted by molar-refractivity contribution is 6.29. The van der Waals surface area contributed by atoms with E-state index in [1.54, 1.807) is 12.1 Å². The van der Waals surface area contributed by atoms with Gasteiger partial charge in [0.1, 0.15) is 5.15 Å². The molecule has 0 aromatic carbocycles. The summed E-state index contributed by atoms with van der Waals surface area (Å²) in [5.41, 5.74) is 0.639. The summed E-state index contributed by atoms with van der Waals surface area (Å²) in [6, 6.07) is 3.36. The third-order valence-electron chi connectivity index (χ3n) is 5.03. The maximum atomic E-state index is 12.4. The summed E-state index contributed by atoms with van der Waals surface area (Å²) in [5, 5.41) is 3.52. The van der Waals surface area contributed by atoms with Crippen LogP contribution in [0.15, 0.2) is 18.3 Å². The molecule has 5 nitrogen and oxygen atoms in total. The number of nitrogens with one attached hydrogen (secondary N) is 1. The Hall–Kier alpha value is -1.17. The van der Waals surface area contributed by atoms with Gasteiger partial charge in [0.25, 0.3) is 5.91 Å². The van der Waals surface area contributed by atoms with Gasteiger partial charge in [-0.1, -0.05) is 30.9 Å². The van der Waals surface area contributed by atoms with Crippen LogP contribution in [0.2, 0.25) is 5.15 Å². The van der Waals surface area contributed by atoms with Crippen LogP contribution in [0.4, 0.5) is 0 Å². The predicted molar refractivity (Wildman–Crippen MR) is 89.8 cm³/mol. The van der Waals surface area contributed by atoms with Crippen molar-refractivity contribution in [3.63, 3.8) is 0 Å². The van der Waals surface area contributed by atoms with Gasteiger partial charge in [-0.2, -0.15) is 0 Å². The average molecular weight is 338 g/mol. The molecule has 1 aliphatic heterocycles. The van der Waals surface area contributed by atoms with Gasteiger partial charge in [0.2, 0.25) is 0 Å². The van der Waals surface area contributed by atoms with Crippen molar-refractivity contribution in [2.45, 2.75) is 37.6 Å². The first-order valence-electron chi connectivity index (χ1n) is 8.42. The monoisotopic (exact) mass is 337 g/mol. The van der Waals surface area contributed by atoms with Gasteiger partial charge in [0.05, 0.1) is 18.8 Å². The van der Waals surface area contributed by atoms with Gasteiger partial charge >= 0.3 is 0 Å². The molecular weight excluding hydrogens is 314 g/mol. The highest BCUT2D eigenvalue weighted by atomic mass is 35.5. The molecule has 23 heavy (non-hydrogen) atoms. The standard InChI is InChI=1S/C17H24ClN3O2/c18-15-5-4-14(12-19-15)16(22)20-13-17(6-2-1-3-7-17)21-8-10-23-11-9-21/h4-5,12H,1-3,6-11,13H2,(H,20,22). The molecule has 1 aromatic heterocycles. The number of hydrogen-bond acceptors (Lipinski definition) is 4. The van der Waals surface area contributed by atoms with E-state index in [4.69, 9.17) is 16.3 Å². The summed E-state index contributed by atoms with van der Waals surface area (Å²) < 4.78 is 5.49. The van der Waals surface area contributed by atoms with E-state index in [1.165, 1.54) is 25.5 Å². The molecule has 1 amide bonds. The minimum atomic E-state index is -0.0765. The molecule has 2 heterocycles. The first kappa shape index (κ1) is 16.7. The fourth-order valence-electron chi connectivity index (χ4n) is 3.71. The van der Waals surface area contributed by atoms with E-state index in [9.17, 15) is 4.79 Å². The number of nitrogens with zero attached hydrogens (tertiary/aromatic N) is 2. The van der Waals surface area contributed by atoms with Crippen LogP contribution in [-0.4, -0.2) is 54.2 Å². The van der Waals surface area contributed by atoms with E-state index in [2.05, 4.69) is 15.2 Å². The Morgan fingerprint density at radius 2 is 2.00 bits per heavy atom. The van der Waals surface area contributed by atoms with Crippen molar-refractivity contribution in [3.8, 4) is 0 Å². The number of aromatic nitrogens is 1. The summed E-state index contributed by atoms with van der Waals surface area (Å²) in [7, 11) is 0. The van der Waals surface area contributed by atoms with Gasteiger partial charge in [-0.05, 0) is 25.0 Å². The third-order valence-corrected chi connectivity index (χ3v) is 5.26. The molecule has 1 aromatic rings. The highest BCUT2D eigenvalue weighted by Gasteiger charge is 2.38. The second-order valence-electron chi connectivity index (χ2n) is 6.44. The second-order valence-corrected chi connectivity index (χ2v) is 6.82. The highest BCUT2D eigenvalue weighted by Crippen LogP contribution is 2.33. The summed E-state index contributed by atoms with van der Waals surface area (Å²) in [6.07, 6.45) is 7.57. The van der Waals surface area contributed by atoms with Gasteiger partial charge in [-0.3, -0.25) is 9.69 Å². The first-order valence-corrected chi connectivity index (χ1v) is 8.80. The van der Waals surface area contributed by atoms with Crippen LogP contribution in [0, 0.1) is 0 Å². The quantitative estimate of drug-likeness (QED) is 0.858. The van der Waals surface area contributed by atoms with Crippen LogP contribution in [0.3, 0.4) is 0 Å². The Balaban J connectivity index is 1.66. The molecule has 6 heteroatoms. The number of halogens is 1. The minimum absolute atomic E-state index is 0.0765. The van der Waals surface area contributed by atoms with Crippen LogP contribution in [-0.2, 0) is 4.74 Å². The summed E-state index contributed by atoms with van der Waals surface area (Å²) in [5.74, 6) is -0.0765. The Kier molecular flexibility index (Phi) is 5.51. The van der Waals surface area contributed by atoms with E-state index in [0.29, 0.717) is 17.3 Å². The first-order chi connectivity index (χ1) is 11.2. The lowest BCUT2D eigenvalue weighted by Crippen LogP contribution is -2.59. The van der Waals surface area contributed by atoms with Gasteiger partial charge in [-0.15, -0.1) is 0 Å². The molecule has 0 radical (unpaired) electrons. The Labute approximate surface area is 142 Å². The number of rotatable bonds is 4. The third kappa shape index (κ3) is 4.03. The second kappa shape index (κ2) is 7.60. The lowest BCUT2D eigenvalue weighted by Gasteiger charge is -2.48. The number of pyridine rings is 1. The molecule has 3 rings (SSSR count). The maximum Gasteiger partial charge on any atom is 0.252 e. The van der Waals surface area contributed by atoms with Crippen molar-refractivity contribution in [2.24, 2.45) is 0 Å². The van der Waals surface area contributed by atoms with E-state index in [-0.39, 0.29) is 11.4 Å². The molecule has 126 valence electrons. The molecule has 0 spiro atoms. The van der Waals surface area contributed by atoms with E-state index in [0.717, 1.165) is 39.1 Å². The van der Waals surface area contributed by atoms with Crippen molar-refractivity contribution in [3.05, 3.63) is 29.0 Å². The van der Waals surface area contributed by atoms with Gasteiger partial charge in [0.15, 0.2) is 0 Å². The molecule has 0 unspecified atom stereocenters. The molecular formula is C17H24ClN3O2. The molecule has 0 bridgehead atoms. The molecule has 1 N–H and O–H groups in total. The molecule has 1 aliphatic carbocycles. The van der Waals surface area contributed by atoms with Crippen LogP contribution < -0.4 is 5.32 Å². The van der Waals surface area contributed by atoms with E-state index >= 15 is 0 Å². The number of carbonyl (C=O) groups is 1. The molecule has 1 saturated carbocycles. The number of ether oxygens (including phenoxy) is 1. The number of amides is 1. The van der Waals surface area contributed by atoms with Gasteiger partial charge < -0.3 is 10.1 Å². The topological polar surface area (TPSA) is 54.5 Å². The maximum absolute atomic E-state index is 12.4. The number of hydrogen-bond donors (Lipinski definition) is 1. The summed E-state index contributed by atoms with van der Waals surface area (Å²) >= 11 is 5.78. The lowest BCUT2D eigenvalue weighted by molar-refractivity contribution is -0.0361. The van der Waals surface area contributed by atoms with E-state index in [1.807, 2.05) is 0 Å². The van der Waals surface area contributed by atoms with Crippen molar-refractivity contribution in [1.82, 2.24) is 15.2 Å². The number of carbonyl (C=O) groups excluding carboxylic acids is 1.